The van der Waals surface area contributed by atoms with Crippen LogP contribution in [-0.2, 0) is 0 Å². The van der Waals surface area contributed by atoms with Gasteiger partial charge in [0.2, 0.25) is 0 Å². The molecule has 0 aromatic heterocycles. The molecule has 0 unspecified atom stereocenters. The van der Waals surface area contributed by atoms with Crippen molar-refractivity contribution < 1.29 is 15.3 Å². The van der Waals surface area contributed by atoms with E-state index in [9.17, 15) is 15.3 Å². The summed E-state index contributed by atoms with van der Waals surface area (Å²) in [6.45, 7) is 6.58. The van der Waals surface area contributed by atoms with E-state index in [1.165, 1.54) is 51.4 Å². The number of hydrogen-bond donors (Lipinski definition) is 3. The third-order valence-electron chi connectivity index (χ3n) is 6.01. The Bertz CT molecular complexity index is 299. The highest BCUT2D eigenvalue weighted by Crippen LogP contribution is 2.35. The van der Waals surface area contributed by atoms with E-state index >= 15 is 0 Å². The van der Waals surface area contributed by atoms with E-state index in [0.717, 1.165) is 51.4 Å². The number of unbranched alkanes of at least 4 members (excludes halogenated alkanes) is 13. The first-order valence-corrected chi connectivity index (χ1v) is 12.1. The molecule has 0 aromatic carbocycles. The minimum absolute atomic E-state index is 0.287. The van der Waals surface area contributed by atoms with Gasteiger partial charge in [0.05, 0.1) is 0 Å². The summed E-state index contributed by atoms with van der Waals surface area (Å²) in [5.74, 6) is -1.95. The SMILES string of the molecule is CCCCCCCCC(O)(CCCCCCCC)C(O)(O)CCCCCC. The predicted molar refractivity (Wildman–Crippen MR) is 117 cm³/mol. The van der Waals surface area contributed by atoms with Crippen LogP contribution in [-0.4, -0.2) is 26.7 Å². The van der Waals surface area contributed by atoms with E-state index < -0.39 is 11.4 Å². The fourth-order valence-electron chi connectivity index (χ4n) is 3.95. The quantitative estimate of drug-likeness (QED) is 0.158. The minimum atomic E-state index is -1.95. The van der Waals surface area contributed by atoms with Gasteiger partial charge in [-0.05, 0) is 19.3 Å². The van der Waals surface area contributed by atoms with Crippen molar-refractivity contribution in [2.24, 2.45) is 0 Å². The molecule has 0 saturated carbocycles. The Hall–Kier alpha value is -0.120. The monoisotopic (exact) mass is 386 g/mol. The lowest BCUT2D eigenvalue weighted by Gasteiger charge is -2.40. The van der Waals surface area contributed by atoms with Crippen LogP contribution in [0.25, 0.3) is 0 Å². The van der Waals surface area contributed by atoms with Crippen LogP contribution in [0.15, 0.2) is 0 Å². The molecule has 0 aliphatic rings. The number of aliphatic hydroxyl groups is 3. The fraction of sp³-hybridized carbons (Fsp3) is 1.00. The minimum Gasteiger partial charge on any atom is -0.384 e. The first kappa shape index (κ1) is 26.9. The second-order valence-corrected chi connectivity index (χ2v) is 8.69. The molecule has 0 atom stereocenters. The normalized spacial score (nSPS) is 12.7. The van der Waals surface area contributed by atoms with E-state index in [1.807, 2.05) is 0 Å². The topological polar surface area (TPSA) is 60.7 Å². The van der Waals surface area contributed by atoms with E-state index in [4.69, 9.17) is 0 Å². The van der Waals surface area contributed by atoms with Gasteiger partial charge in [-0.15, -0.1) is 0 Å². The van der Waals surface area contributed by atoms with Crippen LogP contribution in [0.5, 0.6) is 0 Å². The molecule has 164 valence electrons. The van der Waals surface area contributed by atoms with Gasteiger partial charge in [0.15, 0.2) is 5.79 Å². The fourth-order valence-corrected chi connectivity index (χ4v) is 3.95. The van der Waals surface area contributed by atoms with Crippen LogP contribution in [0.3, 0.4) is 0 Å². The molecular weight excluding hydrogens is 336 g/mol. The van der Waals surface area contributed by atoms with E-state index in [0.29, 0.717) is 12.8 Å². The van der Waals surface area contributed by atoms with Crippen molar-refractivity contribution in [1.29, 1.82) is 0 Å². The lowest BCUT2D eigenvalue weighted by atomic mass is 9.80. The molecule has 0 aliphatic heterocycles. The lowest BCUT2D eigenvalue weighted by Crippen LogP contribution is -2.54. The standard InChI is InChI=1S/C24H50O3/c1-4-7-10-13-15-17-20-23(25,21-18-16-14-11-8-5-2)24(26,27)22-19-12-9-6-3/h25-27H,4-22H2,1-3H3. The highest BCUT2D eigenvalue weighted by molar-refractivity contribution is 4.92. The Morgan fingerprint density at radius 1 is 0.407 bits per heavy atom. The average molecular weight is 387 g/mol. The predicted octanol–water partition coefficient (Wildman–Crippen LogP) is 6.87. The van der Waals surface area contributed by atoms with Gasteiger partial charge in [-0.2, -0.15) is 0 Å². The molecule has 3 nitrogen and oxygen atoms in total. The Morgan fingerprint density at radius 2 is 0.704 bits per heavy atom. The second kappa shape index (κ2) is 16.8. The molecule has 0 fully saturated rings. The highest BCUT2D eigenvalue weighted by atomic mass is 16.5. The number of hydrogen-bond acceptors (Lipinski definition) is 3. The molecule has 0 aliphatic carbocycles. The molecule has 3 N–H and O–H groups in total. The highest BCUT2D eigenvalue weighted by Gasteiger charge is 2.46. The molecule has 0 amide bonds. The van der Waals surface area contributed by atoms with Crippen molar-refractivity contribution in [3.63, 3.8) is 0 Å². The summed E-state index contributed by atoms with van der Waals surface area (Å²) in [7, 11) is 0. The zero-order valence-electron chi connectivity index (χ0n) is 18.8. The molecule has 0 bridgehead atoms. The van der Waals surface area contributed by atoms with Gasteiger partial charge in [-0.1, -0.05) is 117 Å². The summed E-state index contributed by atoms with van der Waals surface area (Å²) < 4.78 is 0. The molecule has 0 rings (SSSR count). The summed E-state index contributed by atoms with van der Waals surface area (Å²) in [4.78, 5) is 0. The summed E-state index contributed by atoms with van der Waals surface area (Å²) in [5, 5.41) is 32.6. The van der Waals surface area contributed by atoms with Gasteiger partial charge in [0.25, 0.3) is 0 Å². The first-order chi connectivity index (χ1) is 12.9. The summed E-state index contributed by atoms with van der Waals surface area (Å²) in [6, 6.07) is 0. The molecule has 0 saturated heterocycles. The van der Waals surface area contributed by atoms with E-state index in [-0.39, 0.29) is 6.42 Å². The van der Waals surface area contributed by atoms with Crippen molar-refractivity contribution in [2.45, 2.75) is 154 Å². The summed E-state index contributed by atoms with van der Waals surface area (Å²) >= 11 is 0. The van der Waals surface area contributed by atoms with Crippen molar-refractivity contribution in [1.82, 2.24) is 0 Å². The Balaban J connectivity index is 4.51. The third kappa shape index (κ3) is 12.9. The van der Waals surface area contributed by atoms with Crippen LogP contribution in [0.4, 0.5) is 0 Å². The molecule has 0 aromatic rings. The van der Waals surface area contributed by atoms with Crippen LogP contribution >= 0.6 is 0 Å². The molecule has 0 spiro atoms. The number of rotatable bonds is 20. The average Bonchev–Trinajstić information content (AvgIpc) is 2.64. The molecular formula is C24H50O3. The van der Waals surface area contributed by atoms with Crippen molar-refractivity contribution in [3.8, 4) is 0 Å². The maximum absolute atomic E-state index is 11.2. The van der Waals surface area contributed by atoms with Gasteiger partial charge in [0.1, 0.15) is 5.60 Å². The third-order valence-corrected chi connectivity index (χ3v) is 6.01. The Labute approximate surface area is 170 Å². The van der Waals surface area contributed by atoms with Crippen molar-refractivity contribution in [3.05, 3.63) is 0 Å². The molecule has 0 radical (unpaired) electrons. The van der Waals surface area contributed by atoms with Crippen molar-refractivity contribution >= 4 is 0 Å². The zero-order valence-corrected chi connectivity index (χ0v) is 18.8. The van der Waals surface area contributed by atoms with Crippen LogP contribution in [0, 0.1) is 0 Å². The summed E-state index contributed by atoms with van der Waals surface area (Å²) in [5.41, 5.74) is -1.35. The van der Waals surface area contributed by atoms with Gasteiger partial charge < -0.3 is 15.3 Å². The lowest BCUT2D eigenvalue weighted by molar-refractivity contribution is -0.284. The maximum Gasteiger partial charge on any atom is 0.192 e. The zero-order chi connectivity index (χ0) is 20.4. The first-order valence-electron chi connectivity index (χ1n) is 12.1. The Morgan fingerprint density at radius 3 is 1.11 bits per heavy atom. The molecule has 3 heteroatoms. The van der Waals surface area contributed by atoms with Crippen LogP contribution < -0.4 is 0 Å². The van der Waals surface area contributed by atoms with Gasteiger partial charge in [-0.25, -0.2) is 0 Å². The maximum atomic E-state index is 11.2. The Kier molecular flexibility index (Phi) is 16.7. The summed E-state index contributed by atoms with van der Waals surface area (Å²) in [6.07, 6.45) is 19.1. The molecule has 0 heterocycles. The largest absolute Gasteiger partial charge is 0.384 e. The van der Waals surface area contributed by atoms with Gasteiger partial charge >= 0.3 is 0 Å². The van der Waals surface area contributed by atoms with Gasteiger partial charge in [-0.3, -0.25) is 0 Å². The van der Waals surface area contributed by atoms with Crippen LogP contribution in [0.2, 0.25) is 0 Å². The van der Waals surface area contributed by atoms with E-state index in [1.54, 1.807) is 0 Å². The van der Waals surface area contributed by atoms with Crippen molar-refractivity contribution in [2.75, 3.05) is 0 Å². The van der Waals surface area contributed by atoms with Crippen LogP contribution in [0.1, 0.15) is 143 Å². The van der Waals surface area contributed by atoms with E-state index in [2.05, 4.69) is 20.8 Å². The van der Waals surface area contributed by atoms with Gasteiger partial charge in [0, 0.05) is 6.42 Å². The molecule has 27 heavy (non-hydrogen) atoms. The second-order valence-electron chi connectivity index (χ2n) is 8.69. The smallest absolute Gasteiger partial charge is 0.192 e.